The lowest BCUT2D eigenvalue weighted by molar-refractivity contribution is 0.0789. The summed E-state index contributed by atoms with van der Waals surface area (Å²) < 4.78 is 27.2. The Bertz CT molecular complexity index is 757. The molecule has 2 aromatic heterocycles. The van der Waals surface area contributed by atoms with E-state index in [4.69, 9.17) is 0 Å². The first-order chi connectivity index (χ1) is 10.9. The van der Waals surface area contributed by atoms with Crippen molar-refractivity contribution in [3.05, 3.63) is 38.2 Å². The molecule has 0 amide bonds. The van der Waals surface area contributed by atoms with Crippen LogP contribution in [-0.2, 0) is 10.0 Å². The molecule has 1 fully saturated rings. The number of nitrogens with zero attached hydrogens (tertiary/aromatic N) is 1. The van der Waals surface area contributed by atoms with Gasteiger partial charge in [-0.1, -0.05) is 6.07 Å². The minimum atomic E-state index is -3.41. The second-order valence-corrected chi connectivity index (χ2v) is 10.3. The van der Waals surface area contributed by atoms with Gasteiger partial charge in [-0.15, -0.1) is 22.7 Å². The predicted molar refractivity (Wildman–Crippen MR) is 94.6 cm³/mol. The van der Waals surface area contributed by atoms with Gasteiger partial charge in [-0.3, -0.25) is 0 Å². The standard InChI is InChI=1S/C16H21NO3S3/c1-11-10-15(12(2)22-11)23(19,20)17-7-5-13(6-8-17)16(18)14-4-3-9-21-14/h3-4,9-10,13,16,18H,5-8H2,1-2H3. The van der Waals surface area contributed by atoms with Gasteiger partial charge in [0.05, 0.1) is 11.0 Å². The van der Waals surface area contributed by atoms with E-state index in [9.17, 15) is 13.5 Å². The predicted octanol–water partition coefficient (Wildman–Crippen LogP) is 3.56. The molecule has 1 N–H and O–H groups in total. The van der Waals surface area contributed by atoms with Crippen LogP contribution in [0.1, 0.15) is 33.6 Å². The summed E-state index contributed by atoms with van der Waals surface area (Å²) in [7, 11) is -3.41. The number of rotatable bonds is 4. The fourth-order valence-electron chi connectivity index (χ4n) is 3.13. The van der Waals surface area contributed by atoms with Crippen molar-refractivity contribution in [3.8, 4) is 0 Å². The third-order valence-corrected chi connectivity index (χ3v) is 8.46. The molecule has 1 aliphatic rings. The quantitative estimate of drug-likeness (QED) is 0.894. The molecule has 0 bridgehead atoms. The first-order valence-corrected chi connectivity index (χ1v) is 10.8. The van der Waals surface area contributed by atoms with E-state index in [0.29, 0.717) is 30.8 Å². The molecule has 4 nitrogen and oxygen atoms in total. The number of thiophene rings is 2. The van der Waals surface area contributed by atoms with Crippen LogP contribution in [0.4, 0.5) is 0 Å². The van der Waals surface area contributed by atoms with Gasteiger partial charge in [-0.2, -0.15) is 4.31 Å². The Morgan fingerprint density at radius 1 is 1.30 bits per heavy atom. The number of aliphatic hydroxyl groups is 1. The first-order valence-electron chi connectivity index (χ1n) is 7.68. The lowest BCUT2D eigenvalue weighted by Crippen LogP contribution is -2.39. The van der Waals surface area contributed by atoms with E-state index in [1.54, 1.807) is 21.7 Å². The fraction of sp³-hybridized carbons (Fsp3) is 0.500. The molecule has 7 heteroatoms. The highest BCUT2D eigenvalue weighted by Crippen LogP contribution is 2.35. The first kappa shape index (κ1) is 17.1. The molecule has 23 heavy (non-hydrogen) atoms. The van der Waals surface area contributed by atoms with Crippen molar-refractivity contribution in [2.75, 3.05) is 13.1 Å². The Balaban J connectivity index is 1.70. The summed E-state index contributed by atoms with van der Waals surface area (Å²) in [6, 6.07) is 5.64. The fourth-order valence-corrected chi connectivity index (χ4v) is 6.92. The van der Waals surface area contributed by atoms with Gasteiger partial charge in [-0.25, -0.2) is 8.42 Å². The van der Waals surface area contributed by atoms with Crippen molar-refractivity contribution < 1.29 is 13.5 Å². The maximum Gasteiger partial charge on any atom is 0.244 e. The summed E-state index contributed by atoms with van der Waals surface area (Å²) in [5.74, 6) is 0.130. The van der Waals surface area contributed by atoms with Crippen LogP contribution in [0.5, 0.6) is 0 Å². The number of hydrogen-bond acceptors (Lipinski definition) is 5. The van der Waals surface area contributed by atoms with E-state index < -0.39 is 16.1 Å². The summed E-state index contributed by atoms with van der Waals surface area (Å²) in [5, 5.41) is 12.4. The van der Waals surface area contributed by atoms with Gasteiger partial charge in [0.25, 0.3) is 0 Å². The number of hydrogen-bond donors (Lipinski definition) is 1. The highest BCUT2D eigenvalue weighted by Gasteiger charge is 2.33. The second kappa shape index (κ2) is 6.64. The number of piperidine rings is 1. The molecule has 1 aliphatic heterocycles. The van der Waals surface area contributed by atoms with Crippen LogP contribution < -0.4 is 0 Å². The van der Waals surface area contributed by atoms with Crippen LogP contribution in [0.2, 0.25) is 0 Å². The van der Waals surface area contributed by atoms with E-state index in [0.717, 1.165) is 14.6 Å². The normalized spacial score (nSPS) is 19.1. The molecule has 3 rings (SSSR count). The van der Waals surface area contributed by atoms with E-state index in [-0.39, 0.29) is 5.92 Å². The van der Waals surface area contributed by atoms with Gasteiger partial charge >= 0.3 is 0 Å². The Kier molecular flexibility index (Phi) is 4.94. The van der Waals surface area contributed by atoms with Gasteiger partial charge in [0.15, 0.2) is 0 Å². The average molecular weight is 372 g/mol. The summed E-state index contributed by atoms with van der Waals surface area (Å²) >= 11 is 3.07. The Morgan fingerprint density at radius 3 is 2.52 bits per heavy atom. The van der Waals surface area contributed by atoms with Crippen LogP contribution in [0.25, 0.3) is 0 Å². The Labute approximate surface area is 145 Å². The number of sulfonamides is 1. The Morgan fingerprint density at radius 2 is 2.00 bits per heavy atom. The summed E-state index contributed by atoms with van der Waals surface area (Å²) in [6.45, 7) is 4.74. The third kappa shape index (κ3) is 3.39. The van der Waals surface area contributed by atoms with Crippen molar-refractivity contribution >= 4 is 32.7 Å². The minimum Gasteiger partial charge on any atom is -0.387 e. The molecule has 0 aromatic carbocycles. The highest BCUT2D eigenvalue weighted by molar-refractivity contribution is 7.89. The Hall–Kier alpha value is -0.730. The molecule has 2 aromatic rings. The molecule has 3 heterocycles. The zero-order valence-corrected chi connectivity index (χ0v) is 15.7. The minimum absolute atomic E-state index is 0.130. The van der Waals surface area contributed by atoms with Gasteiger partial charge in [0.2, 0.25) is 10.0 Å². The van der Waals surface area contributed by atoms with Crippen LogP contribution in [0, 0.1) is 19.8 Å². The molecular formula is C16H21NO3S3. The van der Waals surface area contributed by atoms with Crippen LogP contribution in [0.3, 0.4) is 0 Å². The summed E-state index contributed by atoms with van der Waals surface area (Å²) in [5.41, 5.74) is 0. The third-order valence-electron chi connectivity index (χ3n) is 4.39. The van der Waals surface area contributed by atoms with Gasteiger partial charge < -0.3 is 5.11 Å². The van der Waals surface area contributed by atoms with E-state index in [2.05, 4.69) is 0 Å². The van der Waals surface area contributed by atoms with Crippen molar-refractivity contribution in [1.82, 2.24) is 4.31 Å². The lowest BCUT2D eigenvalue weighted by atomic mass is 9.91. The van der Waals surface area contributed by atoms with Crippen LogP contribution in [0.15, 0.2) is 28.5 Å². The molecule has 0 saturated carbocycles. The molecule has 0 radical (unpaired) electrons. The van der Waals surface area contributed by atoms with Crippen molar-refractivity contribution in [2.45, 2.75) is 37.7 Å². The topological polar surface area (TPSA) is 57.6 Å². The van der Waals surface area contributed by atoms with Gasteiger partial charge in [0, 0.05) is 27.7 Å². The zero-order chi connectivity index (χ0) is 16.6. The summed E-state index contributed by atoms with van der Waals surface area (Å²) in [6.07, 6.45) is 0.908. The van der Waals surface area contributed by atoms with Crippen molar-refractivity contribution in [3.63, 3.8) is 0 Å². The van der Waals surface area contributed by atoms with Crippen molar-refractivity contribution in [1.29, 1.82) is 0 Å². The second-order valence-electron chi connectivity index (χ2n) is 5.98. The maximum absolute atomic E-state index is 12.8. The van der Waals surface area contributed by atoms with Crippen LogP contribution in [-0.4, -0.2) is 30.9 Å². The SMILES string of the molecule is Cc1cc(S(=O)(=O)N2CCC(C(O)c3cccs3)CC2)c(C)s1. The van der Waals surface area contributed by atoms with Gasteiger partial charge in [-0.05, 0) is 50.1 Å². The maximum atomic E-state index is 12.8. The van der Waals surface area contributed by atoms with Gasteiger partial charge in [0.1, 0.15) is 0 Å². The van der Waals surface area contributed by atoms with Crippen LogP contribution >= 0.6 is 22.7 Å². The highest BCUT2D eigenvalue weighted by atomic mass is 32.2. The zero-order valence-electron chi connectivity index (χ0n) is 13.2. The van der Waals surface area contributed by atoms with Crippen molar-refractivity contribution in [2.24, 2.45) is 5.92 Å². The smallest absolute Gasteiger partial charge is 0.244 e. The summed E-state index contributed by atoms with van der Waals surface area (Å²) in [4.78, 5) is 3.28. The molecular weight excluding hydrogens is 350 g/mol. The molecule has 126 valence electrons. The molecule has 0 aliphatic carbocycles. The van der Waals surface area contributed by atoms with E-state index in [1.807, 2.05) is 31.4 Å². The molecule has 1 atom stereocenters. The lowest BCUT2D eigenvalue weighted by Gasteiger charge is -2.33. The molecule has 1 unspecified atom stereocenters. The monoisotopic (exact) mass is 371 g/mol. The van der Waals surface area contributed by atoms with E-state index >= 15 is 0 Å². The number of aryl methyl sites for hydroxylation is 2. The number of aliphatic hydroxyl groups excluding tert-OH is 1. The average Bonchev–Trinajstić information content (AvgIpc) is 3.16. The largest absolute Gasteiger partial charge is 0.387 e. The van der Waals surface area contributed by atoms with E-state index in [1.165, 1.54) is 11.3 Å². The molecule has 0 spiro atoms. The molecule has 1 saturated heterocycles.